The van der Waals surface area contributed by atoms with E-state index in [2.05, 4.69) is 19.2 Å². The molecule has 0 aliphatic rings. The van der Waals surface area contributed by atoms with Gasteiger partial charge < -0.3 is 5.32 Å². The Labute approximate surface area is 59.5 Å². The number of rotatable bonds is 4. The molecule has 0 saturated heterocycles. The maximum Gasteiger partial charge on any atom is 0.0357 e. The molecule has 0 aromatic heterocycles. The van der Waals surface area contributed by atoms with Crippen LogP contribution in [0.3, 0.4) is 0 Å². The molecule has 1 atom stereocenters. The minimum atomic E-state index is -0.644. The Morgan fingerprint density at radius 1 is 1.56 bits per heavy atom. The van der Waals surface area contributed by atoms with Gasteiger partial charge in [0.25, 0.3) is 0 Å². The number of hydrogen-bond acceptors (Lipinski definition) is 2. The van der Waals surface area contributed by atoms with Crippen molar-refractivity contribution in [1.82, 2.24) is 5.32 Å². The molecule has 0 aromatic rings. The zero-order chi connectivity index (χ0) is 7.28. The molecule has 0 heterocycles. The lowest BCUT2D eigenvalue weighted by Crippen LogP contribution is -2.26. The lowest BCUT2D eigenvalue weighted by Gasteiger charge is -2.04. The van der Waals surface area contributed by atoms with E-state index >= 15 is 0 Å². The van der Waals surface area contributed by atoms with Crippen LogP contribution in [-0.4, -0.2) is 28.8 Å². The van der Waals surface area contributed by atoms with Crippen molar-refractivity contribution in [1.29, 1.82) is 0 Å². The van der Waals surface area contributed by atoms with Crippen LogP contribution in [0.1, 0.15) is 13.8 Å². The Bertz CT molecular complexity index is 93.1. The fraction of sp³-hybridized carbons (Fsp3) is 1.00. The van der Waals surface area contributed by atoms with Gasteiger partial charge in [-0.2, -0.15) is 0 Å². The van der Waals surface area contributed by atoms with Gasteiger partial charge in [-0.15, -0.1) is 0 Å². The highest BCUT2D eigenvalue weighted by Gasteiger charge is 1.92. The quantitative estimate of drug-likeness (QED) is 0.625. The van der Waals surface area contributed by atoms with Crippen LogP contribution in [0.5, 0.6) is 0 Å². The molecule has 9 heavy (non-hydrogen) atoms. The summed E-state index contributed by atoms with van der Waals surface area (Å²) in [4.78, 5) is 0. The summed E-state index contributed by atoms with van der Waals surface area (Å²) in [5.41, 5.74) is 0. The van der Waals surface area contributed by atoms with E-state index in [1.165, 1.54) is 0 Å². The molecule has 0 aliphatic carbocycles. The predicted octanol–water partition coefficient (Wildman–Crippen LogP) is 0.363. The van der Waals surface area contributed by atoms with E-state index in [-0.39, 0.29) is 0 Å². The Morgan fingerprint density at radius 3 is 2.44 bits per heavy atom. The standard InChI is InChI=1S/C6H15NOS/c1-6(2)7-4-5-9(3)8/h6-7H,4-5H2,1-3H3/t9-/m1/s1. The van der Waals surface area contributed by atoms with Crippen LogP contribution in [0.15, 0.2) is 0 Å². The minimum absolute atomic E-state index is 0.508. The van der Waals surface area contributed by atoms with Gasteiger partial charge in [0, 0.05) is 35.4 Å². The summed E-state index contributed by atoms with van der Waals surface area (Å²) in [6, 6.07) is 0.508. The van der Waals surface area contributed by atoms with Crippen molar-refractivity contribution in [2.24, 2.45) is 0 Å². The summed E-state index contributed by atoms with van der Waals surface area (Å²) in [6.45, 7) is 5.03. The maximum atomic E-state index is 10.5. The van der Waals surface area contributed by atoms with E-state index in [1.807, 2.05) is 0 Å². The molecular weight excluding hydrogens is 134 g/mol. The van der Waals surface area contributed by atoms with Gasteiger partial charge in [-0.25, -0.2) is 0 Å². The molecule has 0 saturated carbocycles. The van der Waals surface area contributed by atoms with Crippen molar-refractivity contribution in [3.63, 3.8) is 0 Å². The lowest BCUT2D eigenvalue weighted by atomic mass is 10.4. The van der Waals surface area contributed by atoms with Crippen molar-refractivity contribution in [2.45, 2.75) is 19.9 Å². The normalized spacial score (nSPS) is 14.2. The molecule has 0 amide bonds. The molecule has 0 aliphatic heterocycles. The van der Waals surface area contributed by atoms with Crippen LogP contribution < -0.4 is 5.32 Å². The Balaban J connectivity index is 3.01. The minimum Gasteiger partial charge on any atom is -0.314 e. The highest BCUT2D eigenvalue weighted by atomic mass is 32.2. The van der Waals surface area contributed by atoms with E-state index in [1.54, 1.807) is 6.26 Å². The van der Waals surface area contributed by atoms with Crippen LogP contribution in [0, 0.1) is 0 Å². The van der Waals surface area contributed by atoms with Gasteiger partial charge in [0.05, 0.1) is 0 Å². The molecule has 3 heteroatoms. The van der Waals surface area contributed by atoms with Crippen LogP contribution in [-0.2, 0) is 10.8 Å². The fourth-order valence-electron chi connectivity index (χ4n) is 0.491. The summed E-state index contributed by atoms with van der Waals surface area (Å²) in [5, 5.41) is 3.18. The van der Waals surface area contributed by atoms with Crippen molar-refractivity contribution in [2.75, 3.05) is 18.6 Å². The van der Waals surface area contributed by atoms with E-state index in [4.69, 9.17) is 0 Å². The molecule has 56 valence electrons. The monoisotopic (exact) mass is 149 g/mol. The Hall–Kier alpha value is 0.110. The summed E-state index contributed by atoms with van der Waals surface area (Å²) >= 11 is 0. The molecule has 0 fully saturated rings. The first kappa shape index (κ1) is 9.11. The highest BCUT2D eigenvalue weighted by molar-refractivity contribution is 7.84. The summed E-state index contributed by atoms with van der Waals surface area (Å²) in [7, 11) is -0.644. The molecule has 0 unspecified atom stereocenters. The average molecular weight is 149 g/mol. The maximum absolute atomic E-state index is 10.5. The van der Waals surface area contributed by atoms with E-state index in [0.29, 0.717) is 6.04 Å². The molecule has 0 radical (unpaired) electrons. The average Bonchev–Trinajstić information content (AvgIpc) is 1.63. The second kappa shape index (κ2) is 4.94. The SMILES string of the molecule is CC(C)NCC[S@@](C)=O. The zero-order valence-corrected chi connectivity index (χ0v) is 7.12. The second-order valence-corrected chi connectivity index (χ2v) is 3.94. The van der Waals surface area contributed by atoms with Gasteiger partial charge in [0.1, 0.15) is 0 Å². The molecule has 0 aromatic carbocycles. The van der Waals surface area contributed by atoms with Gasteiger partial charge >= 0.3 is 0 Å². The molecule has 1 N–H and O–H groups in total. The molecule has 0 bridgehead atoms. The fourth-order valence-corrected chi connectivity index (χ4v) is 0.897. The molecule has 0 spiro atoms. The third-order valence-corrected chi connectivity index (χ3v) is 1.72. The Kier molecular flexibility index (Phi) is 5.00. The van der Waals surface area contributed by atoms with Gasteiger partial charge in [-0.05, 0) is 0 Å². The summed E-state index contributed by atoms with van der Waals surface area (Å²) < 4.78 is 10.5. The topological polar surface area (TPSA) is 29.1 Å². The third-order valence-electron chi connectivity index (χ3n) is 0.942. The van der Waals surface area contributed by atoms with Crippen molar-refractivity contribution in [3.05, 3.63) is 0 Å². The first-order chi connectivity index (χ1) is 4.13. The lowest BCUT2D eigenvalue weighted by molar-refractivity contribution is 0.611. The van der Waals surface area contributed by atoms with Crippen LogP contribution in [0.2, 0.25) is 0 Å². The van der Waals surface area contributed by atoms with Gasteiger partial charge in [-0.1, -0.05) is 13.8 Å². The van der Waals surface area contributed by atoms with Crippen molar-refractivity contribution < 1.29 is 4.21 Å². The first-order valence-electron chi connectivity index (χ1n) is 3.16. The van der Waals surface area contributed by atoms with Gasteiger partial charge in [0.15, 0.2) is 0 Å². The molecule has 0 rings (SSSR count). The highest BCUT2D eigenvalue weighted by Crippen LogP contribution is 1.76. The summed E-state index contributed by atoms with van der Waals surface area (Å²) in [6.07, 6.45) is 1.72. The first-order valence-corrected chi connectivity index (χ1v) is 4.89. The van der Waals surface area contributed by atoms with Crippen LogP contribution >= 0.6 is 0 Å². The number of hydrogen-bond donors (Lipinski definition) is 1. The van der Waals surface area contributed by atoms with Gasteiger partial charge in [-0.3, -0.25) is 4.21 Å². The van der Waals surface area contributed by atoms with Crippen molar-refractivity contribution in [3.8, 4) is 0 Å². The number of nitrogens with one attached hydrogen (secondary N) is 1. The predicted molar refractivity (Wildman–Crippen MR) is 42.1 cm³/mol. The third kappa shape index (κ3) is 8.11. The van der Waals surface area contributed by atoms with E-state index in [0.717, 1.165) is 12.3 Å². The Morgan fingerprint density at radius 2 is 2.11 bits per heavy atom. The van der Waals surface area contributed by atoms with Gasteiger partial charge in [0.2, 0.25) is 0 Å². The summed E-state index contributed by atoms with van der Waals surface area (Å²) in [5.74, 6) is 0.762. The molecule has 2 nitrogen and oxygen atoms in total. The van der Waals surface area contributed by atoms with E-state index < -0.39 is 10.8 Å². The smallest absolute Gasteiger partial charge is 0.0357 e. The second-order valence-electron chi connectivity index (χ2n) is 2.39. The molecular formula is C6H15NOS. The van der Waals surface area contributed by atoms with Crippen LogP contribution in [0.4, 0.5) is 0 Å². The van der Waals surface area contributed by atoms with Crippen LogP contribution in [0.25, 0.3) is 0 Å². The largest absolute Gasteiger partial charge is 0.314 e. The zero-order valence-electron chi connectivity index (χ0n) is 6.31. The van der Waals surface area contributed by atoms with Crippen molar-refractivity contribution >= 4 is 10.8 Å². The van der Waals surface area contributed by atoms with E-state index in [9.17, 15) is 4.21 Å².